The molecule has 1 aliphatic rings. The van der Waals surface area contributed by atoms with Gasteiger partial charge in [-0.3, -0.25) is 4.79 Å². The van der Waals surface area contributed by atoms with Crippen molar-refractivity contribution in [3.63, 3.8) is 0 Å². The van der Waals surface area contributed by atoms with Crippen LogP contribution in [0.2, 0.25) is 0 Å². The number of rotatable bonds is 6. The summed E-state index contributed by atoms with van der Waals surface area (Å²) in [4.78, 5) is 26.4. The van der Waals surface area contributed by atoms with Crippen LogP contribution in [0.5, 0.6) is 0 Å². The highest BCUT2D eigenvalue weighted by molar-refractivity contribution is 7.89. The molecule has 0 aliphatic carbocycles. The van der Waals surface area contributed by atoms with Gasteiger partial charge in [0.25, 0.3) is 5.91 Å². The van der Waals surface area contributed by atoms with Gasteiger partial charge in [0.1, 0.15) is 0 Å². The van der Waals surface area contributed by atoms with Crippen LogP contribution in [-0.2, 0) is 19.6 Å². The number of sulfonamides is 1. The molecule has 28 heavy (non-hydrogen) atoms. The first-order valence-corrected chi connectivity index (χ1v) is 11.2. The van der Waals surface area contributed by atoms with Crippen LogP contribution < -0.4 is 0 Å². The highest BCUT2D eigenvalue weighted by Crippen LogP contribution is 2.18. The van der Waals surface area contributed by atoms with E-state index in [1.807, 2.05) is 0 Å². The van der Waals surface area contributed by atoms with Crippen molar-refractivity contribution in [2.75, 3.05) is 26.7 Å². The van der Waals surface area contributed by atoms with Crippen LogP contribution in [0.25, 0.3) is 0 Å². The summed E-state index contributed by atoms with van der Waals surface area (Å²) >= 11 is 0. The number of nitrogens with zero attached hydrogens (tertiary/aromatic N) is 2. The summed E-state index contributed by atoms with van der Waals surface area (Å²) in [5.41, 5.74) is 0.110. The molecule has 1 aliphatic heterocycles. The number of hydrogen-bond acceptors (Lipinski definition) is 5. The molecule has 7 nitrogen and oxygen atoms in total. The molecule has 1 fully saturated rings. The van der Waals surface area contributed by atoms with Gasteiger partial charge in [0, 0.05) is 26.2 Å². The summed E-state index contributed by atoms with van der Waals surface area (Å²) in [5.74, 6) is -0.914. The maximum absolute atomic E-state index is 12.6. The van der Waals surface area contributed by atoms with Crippen LogP contribution in [0.3, 0.4) is 0 Å². The maximum Gasteiger partial charge on any atom is 0.338 e. The van der Waals surface area contributed by atoms with Gasteiger partial charge in [-0.1, -0.05) is 25.3 Å². The Morgan fingerprint density at radius 2 is 1.71 bits per heavy atom. The molecule has 0 radical (unpaired) electrons. The standard InChI is InChI=1S/C20H30N2O5S/c1-16(2)21(3)28(25,26)18-11-9-10-17(14-18)20(24)27-15-19(23)22-12-7-5-4-6-8-13-22/h9-11,14,16H,4-8,12-13,15H2,1-3H3. The van der Waals surface area contributed by atoms with E-state index in [4.69, 9.17) is 4.74 Å². The van der Waals surface area contributed by atoms with Crippen molar-refractivity contribution in [1.29, 1.82) is 0 Å². The minimum atomic E-state index is -3.70. The average Bonchev–Trinajstić information content (AvgIpc) is 2.65. The number of esters is 1. The summed E-state index contributed by atoms with van der Waals surface area (Å²) in [6, 6.07) is 5.50. The molecule has 1 amide bonds. The van der Waals surface area contributed by atoms with E-state index < -0.39 is 16.0 Å². The van der Waals surface area contributed by atoms with Gasteiger partial charge in [-0.15, -0.1) is 0 Å². The summed E-state index contributed by atoms with van der Waals surface area (Å²) in [7, 11) is -2.21. The van der Waals surface area contributed by atoms with E-state index in [-0.39, 0.29) is 29.0 Å². The monoisotopic (exact) mass is 410 g/mol. The Morgan fingerprint density at radius 3 is 2.32 bits per heavy atom. The highest BCUT2D eigenvalue weighted by atomic mass is 32.2. The van der Waals surface area contributed by atoms with Gasteiger partial charge in [0.05, 0.1) is 10.5 Å². The Labute approximate surface area is 167 Å². The maximum atomic E-state index is 12.6. The fourth-order valence-electron chi connectivity index (χ4n) is 3.03. The minimum Gasteiger partial charge on any atom is -0.452 e. The summed E-state index contributed by atoms with van der Waals surface area (Å²) in [6.07, 6.45) is 5.33. The number of amides is 1. The van der Waals surface area contributed by atoms with Gasteiger partial charge in [-0.2, -0.15) is 4.31 Å². The lowest BCUT2D eigenvalue weighted by Gasteiger charge is -2.24. The van der Waals surface area contributed by atoms with Crippen molar-refractivity contribution in [3.05, 3.63) is 29.8 Å². The van der Waals surface area contributed by atoms with E-state index in [1.165, 1.54) is 42.0 Å². The lowest BCUT2D eigenvalue weighted by atomic mass is 10.1. The van der Waals surface area contributed by atoms with E-state index in [2.05, 4.69) is 0 Å². The Bertz CT molecular complexity index is 784. The van der Waals surface area contributed by atoms with Crippen molar-refractivity contribution in [1.82, 2.24) is 9.21 Å². The number of hydrogen-bond donors (Lipinski definition) is 0. The Kier molecular flexibility index (Phi) is 8.00. The van der Waals surface area contributed by atoms with E-state index >= 15 is 0 Å². The molecule has 0 saturated carbocycles. The first-order valence-electron chi connectivity index (χ1n) is 9.76. The van der Waals surface area contributed by atoms with Crippen LogP contribution in [0.1, 0.15) is 56.3 Å². The zero-order valence-corrected chi connectivity index (χ0v) is 17.7. The SMILES string of the molecule is CC(C)N(C)S(=O)(=O)c1cccc(C(=O)OCC(=O)N2CCCCCCC2)c1. The Balaban J connectivity index is 2.02. The second-order valence-electron chi connectivity index (χ2n) is 7.37. The number of benzene rings is 1. The van der Waals surface area contributed by atoms with Gasteiger partial charge in [0.15, 0.2) is 6.61 Å². The molecule has 0 bridgehead atoms. The molecule has 2 rings (SSSR count). The predicted octanol–water partition coefficient (Wildman–Crippen LogP) is 2.67. The van der Waals surface area contributed by atoms with Crippen molar-refractivity contribution >= 4 is 21.9 Å². The molecule has 0 N–H and O–H groups in total. The molecule has 1 heterocycles. The number of carbonyl (C=O) groups is 2. The van der Waals surface area contributed by atoms with Crippen LogP contribution in [-0.4, -0.2) is 62.3 Å². The second-order valence-corrected chi connectivity index (χ2v) is 9.37. The number of likely N-dealkylation sites (tertiary alicyclic amines) is 1. The Morgan fingerprint density at radius 1 is 1.11 bits per heavy atom. The number of carbonyl (C=O) groups excluding carboxylic acids is 2. The molecule has 0 spiro atoms. The van der Waals surface area contributed by atoms with Crippen molar-refractivity contribution in [2.24, 2.45) is 0 Å². The van der Waals surface area contributed by atoms with E-state index in [9.17, 15) is 18.0 Å². The molecular formula is C20H30N2O5S. The van der Waals surface area contributed by atoms with Crippen molar-refractivity contribution < 1.29 is 22.7 Å². The Hall–Kier alpha value is -1.93. The zero-order chi connectivity index (χ0) is 20.7. The first-order chi connectivity index (χ1) is 13.2. The van der Waals surface area contributed by atoms with Crippen LogP contribution in [0.15, 0.2) is 29.2 Å². The van der Waals surface area contributed by atoms with Gasteiger partial charge < -0.3 is 9.64 Å². The molecular weight excluding hydrogens is 380 g/mol. The average molecular weight is 411 g/mol. The molecule has 1 aromatic rings. The quantitative estimate of drug-likeness (QED) is 0.673. The van der Waals surface area contributed by atoms with Gasteiger partial charge in [0.2, 0.25) is 10.0 Å². The van der Waals surface area contributed by atoms with Crippen molar-refractivity contribution in [3.8, 4) is 0 Å². The lowest BCUT2D eigenvalue weighted by molar-refractivity contribution is -0.134. The van der Waals surface area contributed by atoms with E-state index in [0.717, 1.165) is 25.7 Å². The fourth-order valence-corrected chi connectivity index (χ4v) is 4.44. The largest absolute Gasteiger partial charge is 0.452 e. The van der Waals surface area contributed by atoms with Gasteiger partial charge >= 0.3 is 5.97 Å². The second kappa shape index (κ2) is 10.0. The predicted molar refractivity (Wildman–Crippen MR) is 106 cm³/mol. The number of ether oxygens (including phenoxy) is 1. The molecule has 0 aromatic heterocycles. The first kappa shape index (κ1) is 22.4. The minimum absolute atomic E-state index is 0.0215. The third kappa shape index (κ3) is 5.78. The van der Waals surface area contributed by atoms with Crippen LogP contribution in [0, 0.1) is 0 Å². The molecule has 1 saturated heterocycles. The molecule has 1 aromatic carbocycles. The molecule has 8 heteroatoms. The third-order valence-corrected chi connectivity index (χ3v) is 7.04. The van der Waals surface area contributed by atoms with Crippen LogP contribution in [0.4, 0.5) is 0 Å². The lowest BCUT2D eigenvalue weighted by Crippen LogP contribution is -2.37. The summed E-state index contributed by atoms with van der Waals surface area (Å²) in [6.45, 7) is 4.58. The third-order valence-electron chi connectivity index (χ3n) is 5.01. The summed E-state index contributed by atoms with van der Waals surface area (Å²) in [5, 5.41) is 0. The molecule has 0 atom stereocenters. The molecule has 0 unspecified atom stereocenters. The molecule has 156 valence electrons. The van der Waals surface area contributed by atoms with Crippen molar-refractivity contribution in [2.45, 2.75) is 56.9 Å². The topological polar surface area (TPSA) is 84.0 Å². The smallest absolute Gasteiger partial charge is 0.338 e. The van der Waals surface area contributed by atoms with Crippen LogP contribution >= 0.6 is 0 Å². The highest BCUT2D eigenvalue weighted by Gasteiger charge is 2.24. The van der Waals surface area contributed by atoms with Gasteiger partial charge in [-0.25, -0.2) is 13.2 Å². The van der Waals surface area contributed by atoms with Gasteiger partial charge in [-0.05, 0) is 44.9 Å². The zero-order valence-electron chi connectivity index (χ0n) is 16.9. The van der Waals surface area contributed by atoms with E-state index in [1.54, 1.807) is 18.7 Å². The fraction of sp³-hybridized carbons (Fsp3) is 0.600. The normalized spacial score (nSPS) is 16.0. The summed E-state index contributed by atoms with van der Waals surface area (Å²) < 4.78 is 31.6. The van der Waals surface area contributed by atoms with E-state index in [0.29, 0.717) is 13.1 Å².